The summed E-state index contributed by atoms with van der Waals surface area (Å²) in [5.41, 5.74) is 4.29. The predicted octanol–water partition coefficient (Wildman–Crippen LogP) is 1.53. The lowest BCUT2D eigenvalue weighted by atomic mass is 10.00. The second-order valence-electron chi connectivity index (χ2n) is 21.5. The van der Waals surface area contributed by atoms with Crippen LogP contribution in [0.4, 0.5) is 14.4 Å². The molecule has 0 aliphatic rings. The molecular weight excluding hydrogens is 921 g/mol. The van der Waals surface area contributed by atoms with E-state index in [4.69, 9.17) is 10.5 Å². The summed E-state index contributed by atoms with van der Waals surface area (Å²) in [5.74, 6) is -4.88. The van der Waals surface area contributed by atoms with Gasteiger partial charge in [0.1, 0.15) is 47.9 Å². The van der Waals surface area contributed by atoms with E-state index < -0.39 is 119 Å². The molecule has 12 amide bonds. The van der Waals surface area contributed by atoms with Gasteiger partial charge in [-0.05, 0) is 104 Å². The molecule has 71 heavy (non-hydrogen) atoms. The fourth-order valence-corrected chi connectivity index (χ4v) is 6.81. The van der Waals surface area contributed by atoms with Crippen molar-refractivity contribution >= 4 is 59.5 Å². The Morgan fingerprint density at radius 2 is 0.732 bits per heavy atom. The summed E-state index contributed by atoms with van der Waals surface area (Å²) in [6.45, 7) is 29.8. The third kappa shape index (κ3) is 28.5. The van der Waals surface area contributed by atoms with E-state index >= 15 is 0 Å². The Balaban J connectivity index is 5.84. The van der Waals surface area contributed by atoms with E-state index in [0.29, 0.717) is 0 Å². The molecule has 0 aromatic carbocycles. The predicted molar refractivity (Wildman–Crippen MR) is 270 cm³/mol. The molecule has 9 unspecified atom stereocenters. The second-order valence-corrected chi connectivity index (χ2v) is 21.5. The molecule has 0 saturated heterocycles. The van der Waals surface area contributed by atoms with E-state index in [1.165, 1.54) is 20.8 Å². The largest absolute Gasteiger partial charge is 0.444 e. The van der Waals surface area contributed by atoms with Gasteiger partial charge in [-0.2, -0.15) is 0 Å². The van der Waals surface area contributed by atoms with Crippen LogP contribution in [0, 0.1) is 29.6 Å². The molecule has 0 heterocycles. The second kappa shape index (κ2) is 31.4. The van der Waals surface area contributed by atoms with Gasteiger partial charge >= 0.3 is 18.2 Å². The van der Waals surface area contributed by atoms with Gasteiger partial charge in [0.05, 0.1) is 0 Å². The Morgan fingerprint density at radius 1 is 0.408 bits per heavy atom. The van der Waals surface area contributed by atoms with Crippen LogP contribution in [0.15, 0.2) is 0 Å². The molecule has 23 nitrogen and oxygen atoms in total. The summed E-state index contributed by atoms with van der Waals surface area (Å²) >= 11 is 0. The van der Waals surface area contributed by atoms with E-state index in [9.17, 15) is 47.9 Å². The number of urea groups is 2. The van der Waals surface area contributed by atoms with Crippen molar-refractivity contribution in [2.45, 2.75) is 203 Å². The SMILES string of the molecule is CC(C)CC(NC(=O)OC(C)(C)C)C(=O)NC(C)C(=O)NC(CC(C)C)C(=O)NC(C)C(=O)NC(CC(C)C)C(=O)NC(C)C(=O)NC(CC(C)C)C(=O)NC(CNC(=O)NC(C)CNC(N)=O)C(C)C. The van der Waals surface area contributed by atoms with Crippen molar-refractivity contribution in [1.82, 2.24) is 58.5 Å². The summed E-state index contributed by atoms with van der Waals surface area (Å²) < 4.78 is 5.31. The molecule has 0 saturated carbocycles. The first-order valence-corrected chi connectivity index (χ1v) is 24.8. The molecule has 0 radical (unpaired) electrons. The topological polar surface area (TPSA) is 338 Å². The minimum Gasteiger partial charge on any atom is -0.444 e. The van der Waals surface area contributed by atoms with Gasteiger partial charge in [0.2, 0.25) is 41.4 Å². The average Bonchev–Trinajstić information content (AvgIpc) is 3.21. The standard InChI is InChI=1S/C48H90N12O11/c1-24(2)18-33(42(65)54-31(13)40(63)58-35(20-26(5)6)44(67)59-37(28(9)10)23-51-46(69)52-29(11)22-50-45(49)68)56-38(61)30(12)53-41(64)34(19-25(3)4)57-39(62)32(14)55-43(66)36(21-27(7)8)60-47(70)71-48(15,16)17/h24-37H,18-23H2,1-17H3,(H,53,64)(H,54,65)(H,55,66)(H,56,61)(H,57,62)(H,58,63)(H,59,67)(H,60,70)(H3,49,50,68)(H2,51,52,69). The zero-order valence-electron chi connectivity index (χ0n) is 45.4. The number of hydrogen-bond acceptors (Lipinski definition) is 11. The van der Waals surface area contributed by atoms with Crippen LogP contribution < -0.4 is 64.2 Å². The Bertz CT molecular complexity index is 1790. The molecule has 23 heteroatoms. The van der Waals surface area contributed by atoms with Crippen LogP contribution in [0.2, 0.25) is 0 Å². The number of nitrogens with one attached hydrogen (secondary N) is 11. The van der Waals surface area contributed by atoms with Crippen molar-refractivity contribution < 1.29 is 52.7 Å². The number of primary amides is 1. The van der Waals surface area contributed by atoms with Gasteiger partial charge in [-0.1, -0.05) is 69.2 Å². The molecule has 0 aromatic rings. The van der Waals surface area contributed by atoms with Crippen LogP contribution in [0.5, 0.6) is 0 Å². The summed E-state index contributed by atoms with van der Waals surface area (Å²) in [7, 11) is 0. The quantitative estimate of drug-likeness (QED) is 0.0510. The normalized spacial score (nSPS) is 15.4. The van der Waals surface area contributed by atoms with Crippen LogP contribution in [0.25, 0.3) is 0 Å². The third-order valence-corrected chi connectivity index (χ3v) is 10.6. The fourth-order valence-electron chi connectivity index (χ4n) is 6.81. The van der Waals surface area contributed by atoms with E-state index in [1.54, 1.807) is 27.7 Å². The smallest absolute Gasteiger partial charge is 0.408 e. The van der Waals surface area contributed by atoms with Crippen LogP contribution in [0.3, 0.4) is 0 Å². The molecule has 13 N–H and O–H groups in total. The van der Waals surface area contributed by atoms with Crippen molar-refractivity contribution in [3.05, 3.63) is 0 Å². The Labute approximate surface area is 421 Å². The highest BCUT2D eigenvalue weighted by molar-refractivity contribution is 5.97. The molecular formula is C48H90N12O11. The number of amides is 12. The summed E-state index contributed by atoms with van der Waals surface area (Å²) in [5, 5.41) is 29.2. The molecule has 0 rings (SSSR count). The lowest BCUT2D eigenvalue weighted by Crippen LogP contribution is -2.59. The first-order chi connectivity index (χ1) is 32.6. The lowest BCUT2D eigenvalue weighted by molar-refractivity contribution is -0.135. The van der Waals surface area contributed by atoms with Gasteiger partial charge in [-0.25, -0.2) is 14.4 Å². The van der Waals surface area contributed by atoms with Gasteiger partial charge in [0, 0.05) is 25.2 Å². The number of rotatable bonds is 29. The minimum absolute atomic E-state index is 0.00299. The Morgan fingerprint density at radius 3 is 1.03 bits per heavy atom. The number of alkyl carbamates (subject to hydrolysis) is 1. The van der Waals surface area contributed by atoms with Crippen LogP contribution >= 0.6 is 0 Å². The average molecular weight is 1010 g/mol. The Hall–Kier alpha value is -5.90. The maximum Gasteiger partial charge on any atom is 0.408 e. The molecule has 0 fully saturated rings. The summed E-state index contributed by atoms with van der Waals surface area (Å²) in [6.07, 6.45) is 0.0640. The van der Waals surface area contributed by atoms with Crippen LogP contribution in [0.1, 0.15) is 143 Å². The zero-order chi connectivity index (χ0) is 55.1. The van der Waals surface area contributed by atoms with Gasteiger partial charge in [0.15, 0.2) is 0 Å². The zero-order valence-corrected chi connectivity index (χ0v) is 45.4. The highest BCUT2D eigenvalue weighted by Gasteiger charge is 2.33. The third-order valence-electron chi connectivity index (χ3n) is 10.6. The minimum atomic E-state index is -1.19. The van der Waals surface area contributed by atoms with Gasteiger partial charge in [-0.15, -0.1) is 0 Å². The molecule has 408 valence electrons. The Kier molecular flexibility index (Phi) is 28.8. The molecule has 0 aliphatic carbocycles. The van der Waals surface area contributed by atoms with Crippen LogP contribution in [-0.4, -0.2) is 133 Å². The van der Waals surface area contributed by atoms with E-state index in [1.807, 2.05) is 69.2 Å². The lowest BCUT2D eigenvalue weighted by Gasteiger charge is -2.28. The van der Waals surface area contributed by atoms with E-state index in [-0.39, 0.29) is 68.4 Å². The highest BCUT2D eigenvalue weighted by atomic mass is 16.6. The van der Waals surface area contributed by atoms with Crippen molar-refractivity contribution in [2.24, 2.45) is 35.3 Å². The van der Waals surface area contributed by atoms with Crippen molar-refractivity contribution in [3.8, 4) is 0 Å². The highest BCUT2D eigenvalue weighted by Crippen LogP contribution is 2.13. The maximum atomic E-state index is 13.7. The van der Waals surface area contributed by atoms with E-state index in [2.05, 4.69) is 58.5 Å². The summed E-state index contributed by atoms with van der Waals surface area (Å²) in [4.78, 5) is 131. The first kappa shape index (κ1) is 65.1. The van der Waals surface area contributed by atoms with Crippen molar-refractivity contribution in [2.75, 3.05) is 13.1 Å². The van der Waals surface area contributed by atoms with Gasteiger partial charge in [0.25, 0.3) is 0 Å². The molecule has 9 atom stereocenters. The van der Waals surface area contributed by atoms with Crippen molar-refractivity contribution in [1.29, 1.82) is 0 Å². The number of nitrogens with two attached hydrogens (primary N) is 1. The monoisotopic (exact) mass is 1010 g/mol. The number of hydrogen-bond donors (Lipinski definition) is 12. The number of carbonyl (C=O) groups excluding carboxylic acids is 10. The molecule has 0 spiro atoms. The number of ether oxygens (including phenoxy) is 1. The fraction of sp³-hybridized carbons (Fsp3) is 0.792. The molecule has 0 aliphatic heterocycles. The van der Waals surface area contributed by atoms with Gasteiger partial charge in [-0.3, -0.25) is 33.6 Å². The number of carbonyl (C=O) groups is 10. The van der Waals surface area contributed by atoms with Crippen molar-refractivity contribution in [3.63, 3.8) is 0 Å². The van der Waals surface area contributed by atoms with E-state index in [0.717, 1.165) is 0 Å². The molecule has 0 aromatic heterocycles. The van der Waals surface area contributed by atoms with Crippen LogP contribution in [-0.2, 0) is 38.3 Å². The summed E-state index contributed by atoms with van der Waals surface area (Å²) in [6, 6.07) is -9.94. The first-order valence-electron chi connectivity index (χ1n) is 24.8. The maximum absolute atomic E-state index is 13.7. The molecule has 0 bridgehead atoms. The van der Waals surface area contributed by atoms with Gasteiger partial charge < -0.3 is 69.0 Å².